The van der Waals surface area contributed by atoms with E-state index in [1.165, 1.54) is 0 Å². The van der Waals surface area contributed by atoms with Gasteiger partial charge in [-0.1, -0.05) is 17.7 Å². The van der Waals surface area contributed by atoms with Crippen LogP contribution in [0, 0.1) is 0 Å². The van der Waals surface area contributed by atoms with Gasteiger partial charge in [-0.2, -0.15) is 0 Å². The van der Waals surface area contributed by atoms with E-state index in [0.29, 0.717) is 13.0 Å². The highest BCUT2D eigenvalue weighted by atomic mass is 35.5. The van der Waals surface area contributed by atoms with Gasteiger partial charge in [0.1, 0.15) is 0 Å². The fraction of sp³-hybridized carbons (Fsp3) is 0.562. The van der Waals surface area contributed by atoms with Gasteiger partial charge in [-0.05, 0) is 18.2 Å². The number of hydrogen-bond acceptors (Lipinski definition) is 4. The van der Waals surface area contributed by atoms with E-state index >= 15 is 0 Å². The lowest BCUT2D eigenvalue weighted by molar-refractivity contribution is -0.132. The van der Waals surface area contributed by atoms with E-state index < -0.39 is 0 Å². The second-order valence-corrected chi connectivity index (χ2v) is 6.21. The molecule has 0 radical (unpaired) electrons. The Bertz CT molecular complexity index is 516. The molecule has 1 unspecified atom stereocenters. The Balaban J connectivity index is 0.00000192. The molecule has 1 amide bonds. The number of amides is 1. The van der Waals surface area contributed by atoms with E-state index in [0.717, 1.165) is 50.0 Å². The average Bonchev–Trinajstić information content (AvgIpc) is 2.56. The molecule has 2 heterocycles. The molecule has 23 heavy (non-hydrogen) atoms. The van der Waals surface area contributed by atoms with Crippen LogP contribution in [0.4, 0.5) is 5.69 Å². The highest BCUT2D eigenvalue weighted by Crippen LogP contribution is 2.21. The molecule has 0 spiro atoms. The molecule has 0 bridgehead atoms. The van der Waals surface area contributed by atoms with Gasteiger partial charge in [0.2, 0.25) is 5.91 Å². The van der Waals surface area contributed by atoms with Gasteiger partial charge < -0.3 is 19.9 Å². The Morgan fingerprint density at radius 2 is 2.09 bits per heavy atom. The topological polar surface area (TPSA) is 44.8 Å². The molecule has 1 atom stereocenters. The van der Waals surface area contributed by atoms with Crippen molar-refractivity contribution in [2.24, 2.45) is 0 Å². The van der Waals surface area contributed by atoms with Gasteiger partial charge in [-0.3, -0.25) is 4.79 Å². The smallest absolute Gasteiger partial charge is 0.224 e. The lowest BCUT2D eigenvalue weighted by Crippen LogP contribution is -2.51. The van der Waals surface area contributed by atoms with Crippen molar-refractivity contribution < 1.29 is 9.53 Å². The summed E-state index contributed by atoms with van der Waals surface area (Å²) in [4.78, 5) is 16.6. The van der Waals surface area contributed by atoms with Crippen molar-refractivity contribution in [3.05, 3.63) is 29.3 Å². The first kappa shape index (κ1) is 18.3. The third-order valence-electron chi connectivity index (χ3n) is 4.23. The number of carbonyl (C=O) groups excluding carboxylic acids is 1. The minimum Gasteiger partial charge on any atom is -0.378 e. The van der Waals surface area contributed by atoms with Crippen LogP contribution in [0.3, 0.4) is 0 Å². The Hall–Kier alpha value is -1.01. The van der Waals surface area contributed by atoms with Crippen LogP contribution in [0.2, 0.25) is 5.02 Å². The quantitative estimate of drug-likeness (QED) is 0.893. The Morgan fingerprint density at radius 1 is 1.30 bits per heavy atom. The highest BCUT2D eigenvalue weighted by molar-refractivity contribution is 6.30. The molecule has 2 saturated heterocycles. The van der Waals surface area contributed by atoms with Gasteiger partial charge in [0.05, 0.1) is 13.2 Å². The number of piperazine rings is 1. The molecule has 0 aliphatic carbocycles. The third-order valence-corrected chi connectivity index (χ3v) is 4.46. The second kappa shape index (κ2) is 8.73. The van der Waals surface area contributed by atoms with Gasteiger partial charge in [-0.25, -0.2) is 0 Å². The number of anilines is 1. The lowest BCUT2D eigenvalue weighted by atomic mass is 10.1. The first-order chi connectivity index (χ1) is 10.7. The maximum Gasteiger partial charge on any atom is 0.224 e. The summed E-state index contributed by atoms with van der Waals surface area (Å²) in [6, 6.07) is 8.04. The molecule has 2 aliphatic rings. The van der Waals surface area contributed by atoms with Gasteiger partial charge in [0, 0.05) is 55.9 Å². The number of rotatable bonds is 3. The van der Waals surface area contributed by atoms with Crippen molar-refractivity contribution in [2.45, 2.75) is 12.5 Å². The van der Waals surface area contributed by atoms with Crippen LogP contribution >= 0.6 is 24.0 Å². The summed E-state index contributed by atoms with van der Waals surface area (Å²) in [5, 5.41) is 4.08. The van der Waals surface area contributed by atoms with Gasteiger partial charge in [-0.15, -0.1) is 12.4 Å². The molecule has 7 heteroatoms. The number of nitrogens with one attached hydrogen (secondary N) is 1. The van der Waals surface area contributed by atoms with Crippen molar-refractivity contribution >= 4 is 35.6 Å². The standard InChI is InChI=1S/C16H22ClN3O2.ClH/c17-13-2-1-3-15(10-13)19-5-7-20(8-6-19)16(21)11-14-12-22-9-4-18-14;/h1-3,10,14,18H,4-9,11-12H2;1H. The van der Waals surface area contributed by atoms with Crippen LogP contribution in [0.25, 0.3) is 0 Å². The Morgan fingerprint density at radius 3 is 2.74 bits per heavy atom. The van der Waals surface area contributed by atoms with Crippen molar-refractivity contribution in [1.29, 1.82) is 0 Å². The molecule has 3 rings (SSSR count). The number of halogens is 2. The zero-order valence-electron chi connectivity index (χ0n) is 13.0. The van der Waals surface area contributed by atoms with Crippen molar-refractivity contribution in [2.75, 3.05) is 50.8 Å². The summed E-state index contributed by atoms with van der Waals surface area (Å²) >= 11 is 6.04. The average molecular weight is 360 g/mol. The molecular formula is C16H23Cl2N3O2. The SMILES string of the molecule is Cl.O=C(CC1COCCN1)N1CCN(c2cccc(Cl)c2)CC1. The molecule has 1 N–H and O–H groups in total. The summed E-state index contributed by atoms with van der Waals surface area (Å²) in [7, 11) is 0. The Kier molecular flexibility index (Phi) is 6.96. The first-order valence-corrected chi connectivity index (χ1v) is 8.19. The summed E-state index contributed by atoms with van der Waals surface area (Å²) < 4.78 is 5.40. The monoisotopic (exact) mass is 359 g/mol. The lowest BCUT2D eigenvalue weighted by Gasteiger charge is -2.37. The molecule has 0 aromatic heterocycles. The maximum absolute atomic E-state index is 12.4. The number of nitrogens with zero attached hydrogens (tertiary/aromatic N) is 2. The molecule has 1 aromatic rings. The molecule has 5 nitrogen and oxygen atoms in total. The second-order valence-electron chi connectivity index (χ2n) is 5.78. The zero-order chi connectivity index (χ0) is 15.4. The third kappa shape index (κ3) is 4.98. The van der Waals surface area contributed by atoms with Crippen LogP contribution < -0.4 is 10.2 Å². The van der Waals surface area contributed by atoms with Gasteiger partial charge >= 0.3 is 0 Å². The van der Waals surface area contributed by atoms with E-state index in [9.17, 15) is 4.79 Å². The normalized spacial score (nSPS) is 21.7. The number of benzene rings is 1. The molecular weight excluding hydrogens is 337 g/mol. The molecule has 0 saturated carbocycles. The summed E-state index contributed by atoms with van der Waals surface area (Å²) in [6.07, 6.45) is 0.525. The zero-order valence-corrected chi connectivity index (χ0v) is 14.6. The van der Waals surface area contributed by atoms with E-state index in [-0.39, 0.29) is 24.4 Å². The molecule has 1 aromatic carbocycles. The van der Waals surface area contributed by atoms with Gasteiger partial charge in [0.25, 0.3) is 0 Å². The highest BCUT2D eigenvalue weighted by Gasteiger charge is 2.24. The van der Waals surface area contributed by atoms with Crippen LogP contribution in [0.1, 0.15) is 6.42 Å². The number of morpholine rings is 1. The number of hydrogen-bond donors (Lipinski definition) is 1. The van der Waals surface area contributed by atoms with Crippen molar-refractivity contribution in [1.82, 2.24) is 10.2 Å². The van der Waals surface area contributed by atoms with Crippen LogP contribution in [0.5, 0.6) is 0 Å². The predicted molar refractivity (Wildman–Crippen MR) is 94.7 cm³/mol. The molecule has 128 valence electrons. The fourth-order valence-corrected chi connectivity index (χ4v) is 3.16. The largest absolute Gasteiger partial charge is 0.378 e. The summed E-state index contributed by atoms with van der Waals surface area (Å²) in [6.45, 7) is 5.43. The minimum atomic E-state index is 0. The van der Waals surface area contributed by atoms with Crippen LogP contribution in [-0.4, -0.2) is 62.8 Å². The van der Waals surface area contributed by atoms with E-state index in [2.05, 4.69) is 16.3 Å². The van der Waals surface area contributed by atoms with Gasteiger partial charge in [0.15, 0.2) is 0 Å². The minimum absolute atomic E-state index is 0. The van der Waals surface area contributed by atoms with E-state index in [4.69, 9.17) is 16.3 Å². The number of carbonyl (C=O) groups is 1. The summed E-state index contributed by atoms with van der Waals surface area (Å²) in [5.74, 6) is 0.216. The van der Waals surface area contributed by atoms with Crippen molar-refractivity contribution in [3.8, 4) is 0 Å². The molecule has 2 aliphatic heterocycles. The van der Waals surface area contributed by atoms with Crippen LogP contribution in [-0.2, 0) is 9.53 Å². The predicted octanol–water partition coefficient (Wildman–Crippen LogP) is 1.79. The summed E-state index contributed by atoms with van der Waals surface area (Å²) in [5.41, 5.74) is 1.13. The number of ether oxygens (including phenoxy) is 1. The fourth-order valence-electron chi connectivity index (χ4n) is 2.98. The first-order valence-electron chi connectivity index (χ1n) is 7.82. The van der Waals surface area contributed by atoms with E-state index in [1.54, 1.807) is 0 Å². The van der Waals surface area contributed by atoms with Crippen molar-refractivity contribution in [3.63, 3.8) is 0 Å². The van der Waals surface area contributed by atoms with E-state index in [1.807, 2.05) is 23.1 Å². The maximum atomic E-state index is 12.4. The molecule has 2 fully saturated rings. The van der Waals surface area contributed by atoms with Crippen LogP contribution in [0.15, 0.2) is 24.3 Å². The Labute approximate surface area is 148 Å².